The maximum Gasteiger partial charge on any atom is 0.234 e. The lowest BCUT2D eigenvalue weighted by atomic mass is 10.0. The Labute approximate surface area is 134 Å². The van der Waals surface area contributed by atoms with E-state index in [1.54, 1.807) is 0 Å². The Kier molecular flexibility index (Phi) is 4.94. The van der Waals surface area contributed by atoms with Crippen molar-refractivity contribution in [2.24, 2.45) is 5.92 Å². The van der Waals surface area contributed by atoms with Crippen molar-refractivity contribution in [2.45, 2.75) is 61.7 Å². The molecule has 6 heteroatoms. The number of hydrogen-bond acceptors (Lipinski definition) is 6. The third kappa shape index (κ3) is 3.65. The standard InChI is InChI=1S/C15H22N2O2S2/c1-9-10(2)21-13(8-20-9)15-16-14(19-17-15)7-12(18)11-5-3-4-6-11/h9-11,13H,3-8H2,1-2H3. The number of carbonyl (C=O) groups is 1. The molecule has 1 saturated heterocycles. The molecule has 0 spiro atoms. The van der Waals surface area contributed by atoms with Crippen molar-refractivity contribution in [3.63, 3.8) is 0 Å². The van der Waals surface area contributed by atoms with Crippen molar-refractivity contribution >= 4 is 29.3 Å². The van der Waals surface area contributed by atoms with E-state index >= 15 is 0 Å². The lowest BCUT2D eigenvalue weighted by Gasteiger charge is -2.29. The van der Waals surface area contributed by atoms with Crippen LogP contribution in [0, 0.1) is 5.92 Å². The van der Waals surface area contributed by atoms with Gasteiger partial charge in [-0.25, -0.2) is 0 Å². The SMILES string of the molecule is CC1SCC(c2noc(CC(=O)C3CCCC3)n2)SC1C. The van der Waals surface area contributed by atoms with Crippen LogP contribution in [0.2, 0.25) is 0 Å². The van der Waals surface area contributed by atoms with Crippen LogP contribution in [-0.4, -0.2) is 32.2 Å². The lowest BCUT2D eigenvalue weighted by Crippen LogP contribution is -2.22. The second kappa shape index (κ2) is 6.73. The van der Waals surface area contributed by atoms with Crippen molar-refractivity contribution in [1.29, 1.82) is 0 Å². The molecule has 3 unspecified atom stereocenters. The highest BCUT2D eigenvalue weighted by Crippen LogP contribution is 2.43. The molecule has 2 heterocycles. The van der Waals surface area contributed by atoms with Crippen LogP contribution in [-0.2, 0) is 11.2 Å². The molecule has 1 saturated carbocycles. The third-order valence-corrected chi connectivity index (χ3v) is 7.84. The molecule has 0 bridgehead atoms. The molecule has 0 radical (unpaired) electrons. The summed E-state index contributed by atoms with van der Waals surface area (Å²) in [6, 6.07) is 0. The Balaban J connectivity index is 1.59. The van der Waals surface area contributed by atoms with Gasteiger partial charge in [0.1, 0.15) is 5.78 Å². The first-order valence-electron chi connectivity index (χ1n) is 7.75. The summed E-state index contributed by atoms with van der Waals surface area (Å²) in [4.78, 5) is 16.6. The monoisotopic (exact) mass is 326 g/mol. The maximum atomic E-state index is 12.2. The molecule has 2 fully saturated rings. The first-order valence-corrected chi connectivity index (χ1v) is 9.75. The molecule has 1 aromatic heterocycles. The summed E-state index contributed by atoms with van der Waals surface area (Å²) >= 11 is 3.88. The van der Waals surface area contributed by atoms with E-state index in [9.17, 15) is 4.79 Å². The van der Waals surface area contributed by atoms with Gasteiger partial charge in [0.05, 0.1) is 11.7 Å². The minimum Gasteiger partial charge on any atom is -0.339 e. The number of aromatic nitrogens is 2. The van der Waals surface area contributed by atoms with E-state index < -0.39 is 0 Å². The van der Waals surface area contributed by atoms with Gasteiger partial charge in [-0.15, -0.1) is 11.8 Å². The predicted molar refractivity (Wildman–Crippen MR) is 86.7 cm³/mol. The molecule has 116 valence electrons. The molecule has 1 aliphatic heterocycles. The molecule has 1 aromatic rings. The quantitative estimate of drug-likeness (QED) is 0.841. The molecule has 0 N–H and O–H groups in total. The summed E-state index contributed by atoms with van der Waals surface area (Å²) in [7, 11) is 0. The fraction of sp³-hybridized carbons (Fsp3) is 0.800. The molecule has 3 rings (SSSR count). The predicted octanol–water partition coefficient (Wildman–Crippen LogP) is 3.67. The van der Waals surface area contributed by atoms with Gasteiger partial charge in [0.15, 0.2) is 5.82 Å². The Morgan fingerprint density at radius 2 is 2.05 bits per heavy atom. The van der Waals surface area contributed by atoms with Gasteiger partial charge in [-0.3, -0.25) is 4.79 Å². The van der Waals surface area contributed by atoms with Crippen LogP contribution >= 0.6 is 23.5 Å². The zero-order chi connectivity index (χ0) is 14.8. The molecule has 0 amide bonds. The van der Waals surface area contributed by atoms with E-state index in [4.69, 9.17) is 4.52 Å². The Morgan fingerprint density at radius 3 is 2.76 bits per heavy atom. The van der Waals surface area contributed by atoms with Gasteiger partial charge in [-0.1, -0.05) is 31.8 Å². The van der Waals surface area contributed by atoms with Crippen LogP contribution in [0.15, 0.2) is 4.52 Å². The Hall–Kier alpha value is -0.490. The van der Waals surface area contributed by atoms with Crippen LogP contribution in [0.4, 0.5) is 0 Å². The first-order chi connectivity index (χ1) is 10.1. The number of Topliss-reactive ketones (excluding diaryl/α,β-unsaturated/α-hetero) is 1. The number of carbonyl (C=O) groups excluding carboxylic acids is 1. The van der Waals surface area contributed by atoms with Gasteiger partial charge in [0, 0.05) is 22.2 Å². The zero-order valence-electron chi connectivity index (χ0n) is 12.6. The normalized spacial score (nSPS) is 30.7. The summed E-state index contributed by atoms with van der Waals surface area (Å²) < 4.78 is 5.31. The summed E-state index contributed by atoms with van der Waals surface area (Å²) in [5.74, 6) is 2.78. The highest BCUT2D eigenvalue weighted by atomic mass is 32.2. The number of ketones is 1. The van der Waals surface area contributed by atoms with Crippen molar-refractivity contribution in [1.82, 2.24) is 10.1 Å². The number of nitrogens with zero attached hydrogens (tertiary/aromatic N) is 2. The first kappa shape index (κ1) is 15.4. The van der Waals surface area contributed by atoms with Crippen molar-refractivity contribution in [2.75, 3.05) is 5.75 Å². The molecule has 0 aromatic carbocycles. The maximum absolute atomic E-state index is 12.2. The molecular weight excluding hydrogens is 304 g/mol. The van der Waals surface area contributed by atoms with Gasteiger partial charge in [-0.2, -0.15) is 16.7 Å². The molecular formula is C15H22N2O2S2. The van der Waals surface area contributed by atoms with Gasteiger partial charge in [0.2, 0.25) is 5.89 Å². The highest BCUT2D eigenvalue weighted by molar-refractivity contribution is 8.07. The summed E-state index contributed by atoms with van der Waals surface area (Å²) in [5.41, 5.74) is 0. The fourth-order valence-electron chi connectivity index (χ4n) is 2.93. The number of rotatable bonds is 4. The summed E-state index contributed by atoms with van der Waals surface area (Å²) in [6.45, 7) is 4.51. The van der Waals surface area contributed by atoms with Crippen molar-refractivity contribution in [3.05, 3.63) is 11.7 Å². The van der Waals surface area contributed by atoms with E-state index in [-0.39, 0.29) is 11.7 Å². The number of hydrogen-bond donors (Lipinski definition) is 0. The van der Waals surface area contributed by atoms with Crippen molar-refractivity contribution < 1.29 is 9.32 Å². The van der Waals surface area contributed by atoms with Crippen LogP contribution in [0.3, 0.4) is 0 Å². The van der Waals surface area contributed by atoms with E-state index in [1.807, 2.05) is 23.5 Å². The molecule has 2 aliphatic rings. The average molecular weight is 326 g/mol. The fourth-order valence-corrected chi connectivity index (χ4v) is 5.76. The minimum absolute atomic E-state index is 0.223. The van der Waals surface area contributed by atoms with Crippen LogP contribution in [0.1, 0.15) is 56.5 Å². The van der Waals surface area contributed by atoms with Gasteiger partial charge < -0.3 is 4.52 Å². The van der Waals surface area contributed by atoms with Crippen LogP contribution in [0.5, 0.6) is 0 Å². The van der Waals surface area contributed by atoms with E-state index in [0.717, 1.165) is 24.4 Å². The van der Waals surface area contributed by atoms with Crippen molar-refractivity contribution in [3.8, 4) is 0 Å². The van der Waals surface area contributed by atoms with E-state index in [1.165, 1.54) is 12.8 Å². The lowest BCUT2D eigenvalue weighted by molar-refractivity contribution is -0.122. The second-order valence-electron chi connectivity index (χ2n) is 6.04. The summed E-state index contributed by atoms with van der Waals surface area (Å²) in [5, 5.41) is 5.66. The second-order valence-corrected chi connectivity index (χ2v) is 9.03. The molecule has 3 atom stereocenters. The minimum atomic E-state index is 0.223. The zero-order valence-corrected chi connectivity index (χ0v) is 14.2. The van der Waals surface area contributed by atoms with Crippen LogP contribution in [0.25, 0.3) is 0 Å². The third-order valence-electron chi connectivity index (χ3n) is 4.46. The average Bonchev–Trinajstić information content (AvgIpc) is 3.12. The van der Waals surface area contributed by atoms with Gasteiger partial charge >= 0.3 is 0 Å². The highest BCUT2D eigenvalue weighted by Gasteiger charge is 2.30. The van der Waals surface area contributed by atoms with Gasteiger partial charge in [0.25, 0.3) is 0 Å². The largest absolute Gasteiger partial charge is 0.339 e. The topological polar surface area (TPSA) is 56.0 Å². The molecule has 1 aliphatic carbocycles. The summed E-state index contributed by atoms with van der Waals surface area (Å²) in [6.07, 6.45) is 4.73. The number of thioether (sulfide) groups is 2. The van der Waals surface area contributed by atoms with Gasteiger partial charge in [-0.05, 0) is 12.8 Å². The molecule has 4 nitrogen and oxygen atoms in total. The Bertz CT molecular complexity index is 500. The van der Waals surface area contributed by atoms with Crippen LogP contribution < -0.4 is 0 Å². The Morgan fingerprint density at radius 1 is 1.29 bits per heavy atom. The van der Waals surface area contributed by atoms with E-state index in [0.29, 0.717) is 28.1 Å². The van der Waals surface area contributed by atoms with E-state index in [2.05, 4.69) is 24.0 Å². The smallest absolute Gasteiger partial charge is 0.234 e. The molecule has 21 heavy (non-hydrogen) atoms.